The van der Waals surface area contributed by atoms with Gasteiger partial charge in [0.15, 0.2) is 0 Å². The van der Waals surface area contributed by atoms with E-state index in [1.807, 2.05) is 12.1 Å². The minimum absolute atomic E-state index is 0. The fourth-order valence-electron chi connectivity index (χ4n) is 2.26. The van der Waals surface area contributed by atoms with Gasteiger partial charge in [-0.1, -0.05) is 18.2 Å². The first kappa shape index (κ1) is 17.3. The van der Waals surface area contributed by atoms with Crippen LogP contribution in [-0.2, 0) is 4.79 Å². The lowest BCUT2D eigenvalue weighted by Gasteiger charge is -2.29. The SMILES string of the molecule is Cc1ccccc1SCC(=O)NC(C)(CN)C1CC1.Cl. The van der Waals surface area contributed by atoms with Crippen molar-refractivity contribution >= 4 is 30.1 Å². The Balaban J connectivity index is 0.00000200. The lowest BCUT2D eigenvalue weighted by atomic mass is 9.96. The Morgan fingerprint density at radius 1 is 1.45 bits per heavy atom. The van der Waals surface area contributed by atoms with Gasteiger partial charge in [0, 0.05) is 11.4 Å². The summed E-state index contributed by atoms with van der Waals surface area (Å²) in [6.45, 7) is 4.63. The Kier molecular flexibility index (Phi) is 6.37. The van der Waals surface area contributed by atoms with Crippen molar-refractivity contribution in [3.8, 4) is 0 Å². The Morgan fingerprint density at radius 3 is 2.65 bits per heavy atom. The summed E-state index contributed by atoms with van der Waals surface area (Å²) in [6, 6.07) is 8.13. The van der Waals surface area contributed by atoms with Gasteiger partial charge in [-0.3, -0.25) is 4.79 Å². The zero-order chi connectivity index (χ0) is 13.9. The number of thioether (sulfide) groups is 1. The van der Waals surface area contributed by atoms with Crippen molar-refractivity contribution in [3.05, 3.63) is 29.8 Å². The molecule has 2 rings (SSSR count). The van der Waals surface area contributed by atoms with Crippen molar-refractivity contribution in [1.82, 2.24) is 5.32 Å². The molecule has 0 radical (unpaired) electrons. The van der Waals surface area contributed by atoms with Crippen molar-refractivity contribution < 1.29 is 4.79 Å². The number of hydrogen-bond acceptors (Lipinski definition) is 3. The van der Waals surface area contributed by atoms with E-state index in [4.69, 9.17) is 5.73 Å². The molecule has 0 aliphatic heterocycles. The molecule has 3 N–H and O–H groups in total. The number of nitrogens with one attached hydrogen (secondary N) is 1. The molecule has 1 unspecified atom stereocenters. The van der Waals surface area contributed by atoms with Gasteiger partial charge >= 0.3 is 0 Å². The Labute approximate surface area is 131 Å². The van der Waals surface area contributed by atoms with Crippen molar-refractivity contribution in [2.45, 2.75) is 37.1 Å². The molecule has 20 heavy (non-hydrogen) atoms. The van der Waals surface area contributed by atoms with Gasteiger partial charge in [0.25, 0.3) is 0 Å². The number of hydrogen-bond donors (Lipinski definition) is 2. The summed E-state index contributed by atoms with van der Waals surface area (Å²) in [4.78, 5) is 13.2. The zero-order valence-electron chi connectivity index (χ0n) is 12.0. The van der Waals surface area contributed by atoms with E-state index in [1.54, 1.807) is 11.8 Å². The van der Waals surface area contributed by atoms with Crippen LogP contribution in [0.4, 0.5) is 0 Å². The average molecular weight is 315 g/mol. The largest absolute Gasteiger partial charge is 0.349 e. The molecule has 1 fully saturated rings. The molecule has 0 spiro atoms. The molecule has 3 nitrogen and oxygen atoms in total. The highest BCUT2D eigenvalue weighted by Crippen LogP contribution is 2.39. The molecule has 112 valence electrons. The van der Waals surface area contributed by atoms with E-state index >= 15 is 0 Å². The fraction of sp³-hybridized carbons (Fsp3) is 0.533. The molecule has 0 bridgehead atoms. The van der Waals surface area contributed by atoms with Crippen molar-refractivity contribution in [2.75, 3.05) is 12.3 Å². The van der Waals surface area contributed by atoms with Gasteiger partial charge in [-0.15, -0.1) is 24.2 Å². The first-order valence-corrected chi connectivity index (χ1v) is 7.73. The highest BCUT2D eigenvalue weighted by Gasteiger charge is 2.41. The van der Waals surface area contributed by atoms with Crippen LogP contribution in [0.25, 0.3) is 0 Å². The molecule has 0 aromatic heterocycles. The number of nitrogens with two attached hydrogens (primary N) is 1. The first-order chi connectivity index (χ1) is 9.05. The predicted octanol–water partition coefficient (Wildman–Crippen LogP) is 2.75. The molecular formula is C15H23ClN2OS. The van der Waals surface area contributed by atoms with Crippen LogP contribution in [-0.4, -0.2) is 23.7 Å². The molecule has 1 aliphatic carbocycles. The second-order valence-electron chi connectivity index (χ2n) is 5.50. The molecular weight excluding hydrogens is 292 g/mol. The summed E-state index contributed by atoms with van der Waals surface area (Å²) in [5.41, 5.74) is 6.80. The lowest BCUT2D eigenvalue weighted by molar-refractivity contribution is -0.120. The van der Waals surface area contributed by atoms with Gasteiger partial charge in [-0.05, 0) is 44.2 Å². The molecule has 1 atom stereocenters. The molecule has 1 amide bonds. The predicted molar refractivity (Wildman–Crippen MR) is 87.5 cm³/mol. The first-order valence-electron chi connectivity index (χ1n) is 6.74. The minimum atomic E-state index is -0.219. The van der Waals surface area contributed by atoms with E-state index in [0.29, 0.717) is 18.2 Å². The van der Waals surface area contributed by atoms with Crippen LogP contribution in [0.2, 0.25) is 0 Å². The highest BCUT2D eigenvalue weighted by molar-refractivity contribution is 8.00. The maximum absolute atomic E-state index is 12.0. The molecule has 1 aliphatic rings. The van der Waals surface area contributed by atoms with Gasteiger partial charge in [0.2, 0.25) is 5.91 Å². The summed E-state index contributed by atoms with van der Waals surface area (Å²) in [7, 11) is 0. The van der Waals surface area contributed by atoms with Gasteiger partial charge < -0.3 is 11.1 Å². The van der Waals surface area contributed by atoms with Gasteiger partial charge in [0.05, 0.1) is 11.3 Å². The van der Waals surface area contributed by atoms with Crippen LogP contribution in [0.5, 0.6) is 0 Å². The second-order valence-corrected chi connectivity index (χ2v) is 6.52. The third kappa shape index (κ3) is 4.40. The van der Waals surface area contributed by atoms with E-state index in [0.717, 1.165) is 0 Å². The summed E-state index contributed by atoms with van der Waals surface area (Å²) < 4.78 is 0. The number of aryl methyl sites for hydroxylation is 1. The number of amides is 1. The molecule has 1 aromatic carbocycles. The molecule has 1 aromatic rings. The standard InChI is InChI=1S/C15H22N2OS.ClH/c1-11-5-3-4-6-13(11)19-9-14(18)17-15(2,10-16)12-7-8-12;/h3-6,12H,7-10,16H2,1-2H3,(H,17,18);1H. The molecule has 0 saturated heterocycles. The van der Waals surface area contributed by atoms with E-state index in [1.165, 1.54) is 23.3 Å². The van der Waals surface area contributed by atoms with Crippen LogP contribution in [0, 0.1) is 12.8 Å². The Bertz CT molecular complexity index is 465. The van der Waals surface area contributed by atoms with E-state index < -0.39 is 0 Å². The number of halogens is 1. The minimum Gasteiger partial charge on any atom is -0.349 e. The molecule has 0 heterocycles. The number of carbonyl (C=O) groups is 1. The van der Waals surface area contributed by atoms with Crippen molar-refractivity contribution in [1.29, 1.82) is 0 Å². The normalized spacial score (nSPS) is 16.9. The number of benzene rings is 1. The third-order valence-electron chi connectivity index (χ3n) is 3.78. The number of rotatable bonds is 6. The Morgan fingerprint density at radius 2 is 2.10 bits per heavy atom. The summed E-state index contributed by atoms with van der Waals surface area (Å²) in [6.07, 6.45) is 2.36. The monoisotopic (exact) mass is 314 g/mol. The smallest absolute Gasteiger partial charge is 0.230 e. The van der Waals surface area contributed by atoms with Crippen molar-refractivity contribution in [2.24, 2.45) is 11.7 Å². The van der Waals surface area contributed by atoms with E-state index in [9.17, 15) is 4.79 Å². The van der Waals surface area contributed by atoms with Crippen molar-refractivity contribution in [3.63, 3.8) is 0 Å². The van der Waals surface area contributed by atoms with Crippen LogP contribution >= 0.6 is 24.2 Å². The average Bonchev–Trinajstić information content (AvgIpc) is 3.22. The van der Waals surface area contributed by atoms with Crippen LogP contribution in [0.15, 0.2) is 29.2 Å². The lowest BCUT2D eigenvalue weighted by Crippen LogP contribution is -2.53. The topological polar surface area (TPSA) is 55.1 Å². The summed E-state index contributed by atoms with van der Waals surface area (Å²) >= 11 is 1.59. The number of carbonyl (C=O) groups excluding carboxylic acids is 1. The molecule has 5 heteroatoms. The van der Waals surface area contributed by atoms with Gasteiger partial charge in [-0.2, -0.15) is 0 Å². The van der Waals surface area contributed by atoms with Crippen LogP contribution < -0.4 is 11.1 Å². The fourth-order valence-corrected chi connectivity index (χ4v) is 3.09. The second kappa shape index (κ2) is 7.34. The van der Waals surface area contributed by atoms with Gasteiger partial charge in [-0.25, -0.2) is 0 Å². The Hall–Kier alpha value is -0.710. The molecule has 1 saturated carbocycles. The zero-order valence-corrected chi connectivity index (χ0v) is 13.7. The van der Waals surface area contributed by atoms with Crippen LogP contribution in [0.1, 0.15) is 25.3 Å². The van der Waals surface area contributed by atoms with E-state index in [-0.39, 0.29) is 23.9 Å². The maximum Gasteiger partial charge on any atom is 0.230 e. The van der Waals surface area contributed by atoms with E-state index in [2.05, 4.69) is 31.3 Å². The highest BCUT2D eigenvalue weighted by atomic mass is 35.5. The summed E-state index contributed by atoms with van der Waals surface area (Å²) in [5.74, 6) is 1.09. The quantitative estimate of drug-likeness (QED) is 0.794. The third-order valence-corrected chi connectivity index (χ3v) is 4.96. The maximum atomic E-state index is 12.0. The van der Waals surface area contributed by atoms with Crippen LogP contribution in [0.3, 0.4) is 0 Å². The summed E-state index contributed by atoms with van der Waals surface area (Å²) in [5, 5.41) is 3.11. The van der Waals surface area contributed by atoms with Gasteiger partial charge in [0.1, 0.15) is 0 Å².